The normalized spacial score (nSPS) is 14.6. The highest BCUT2D eigenvalue weighted by atomic mass is 32.2. The van der Waals surface area contributed by atoms with E-state index in [0.29, 0.717) is 5.76 Å². The van der Waals surface area contributed by atoms with Gasteiger partial charge in [0.1, 0.15) is 5.76 Å². The summed E-state index contributed by atoms with van der Waals surface area (Å²) in [5, 5.41) is 2.77. The second-order valence-electron chi connectivity index (χ2n) is 4.85. The molecule has 0 aliphatic rings. The van der Waals surface area contributed by atoms with Crippen LogP contribution in [0.5, 0.6) is 0 Å². The van der Waals surface area contributed by atoms with Crippen molar-refractivity contribution in [1.82, 2.24) is 10.2 Å². The number of hydrogen-bond donors (Lipinski definition) is 1. The molecule has 2 unspecified atom stereocenters. The summed E-state index contributed by atoms with van der Waals surface area (Å²) in [6.07, 6.45) is 1.54. The van der Waals surface area contributed by atoms with Crippen LogP contribution in [-0.2, 0) is 9.84 Å². The van der Waals surface area contributed by atoms with Crippen molar-refractivity contribution in [2.75, 3.05) is 18.6 Å². The van der Waals surface area contributed by atoms with Gasteiger partial charge in [0, 0.05) is 18.8 Å². The first-order valence-corrected chi connectivity index (χ1v) is 8.36. The Hall–Kier alpha value is -1.50. The molecule has 1 heterocycles. The number of amides is 2. The second-order valence-corrected chi connectivity index (χ2v) is 7.24. The molecule has 0 bridgehead atoms. The summed E-state index contributed by atoms with van der Waals surface area (Å²) in [6, 6.07) is 2.54. The SMILES string of the molecule is CCS(=O)(=O)CC(C)N(C)C(=O)NC(C)c1ccco1. The fourth-order valence-corrected chi connectivity index (χ4v) is 2.89. The molecule has 1 N–H and O–H groups in total. The Morgan fingerprint density at radius 3 is 2.60 bits per heavy atom. The number of carbonyl (C=O) groups is 1. The van der Waals surface area contributed by atoms with Crippen LogP contribution < -0.4 is 5.32 Å². The van der Waals surface area contributed by atoms with Gasteiger partial charge in [-0.2, -0.15) is 0 Å². The fraction of sp³-hybridized carbons (Fsp3) is 0.615. The van der Waals surface area contributed by atoms with Crippen LogP contribution in [0.2, 0.25) is 0 Å². The summed E-state index contributed by atoms with van der Waals surface area (Å²) in [7, 11) is -1.53. The minimum absolute atomic E-state index is 0.0391. The van der Waals surface area contributed by atoms with Crippen LogP contribution in [0.3, 0.4) is 0 Å². The first-order chi connectivity index (χ1) is 9.26. The van der Waals surface area contributed by atoms with E-state index in [9.17, 15) is 13.2 Å². The number of carbonyl (C=O) groups excluding carboxylic acids is 1. The quantitative estimate of drug-likeness (QED) is 0.869. The Bertz CT molecular complexity index is 525. The molecule has 6 nitrogen and oxygen atoms in total. The predicted molar refractivity (Wildman–Crippen MR) is 77.2 cm³/mol. The monoisotopic (exact) mass is 302 g/mol. The Morgan fingerprint density at radius 1 is 1.45 bits per heavy atom. The molecule has 20 heavy (non-hydrogen) atoms. The average Bonchev–Trinajstić information content (AvgIpc) is 2.91. The molecule has 0 aliphatic carbocycles. The van der Waals surface area contributed by atoms with E-state index in [1.165, 1.54) is 11.2 Å². The van der Waals surface area contributed by atoms with Crippen LogP contribution >= 0.6 is 0 Å². The molecule has 0 spiro atoms. The zero-order chi connectivity index (χ0) is 15.3. The minimum Gasteiger partial charge on any atom is -0.467 e. The van der Waals surface area contributed by atoms with Gasteiger partial charge < -0.3 is 14.6 Å². The summed E-state index contributed by atoms with van der Waals surface area (Å²) >= 11 is 0. The van der Waals surface area contributed by atoms with E-state index in [0.717, 1.165) is 0 Å². The third-order valence-electron chi connectivity index (χ3n) is 3.23. The maximum absolute atomic E-state index is 12.0. The molecule has 1 rings (SSSR count). The summed E-state index contributed by atoms with van der Waals surface area (Å²) in [6.45, 7) is 5.11. The van der Waals surface area contributed by atoms with Crippen LogP contribution in [0.15, 0.2) is 22.8 Å². The Morgan fingerprint density at radius 2 is 2.10 bits per heavy atom. The van der Waals surface area contributed by atoms with Crippen molar-refractivity contribution in [2.24, 2.45) is 0 Å². The predicted octanol–water partition coefficient (Wildman–Crippen LogP) is 1.81. The van der Waals surface area contributed by atoms with Gasteiger partial charge in [-0.15, -0.1) is 0 Å². The van der Waals surface area contributed by atoms with Crippen molar-refractivity contribution in [3.8, 4) is 0 Å². The molecule has 114 valence electrons. The number of rotatable bonds is 6. The smallest absolute Gasteiger partial charge is 0.317 e. The Labute approximate surface area is 120 Å². The topological polar surface area (TPSA) is 79.6 Å². The molecule has 7 heteroatoms. The van der Waals surface area contributed by atoms with Crippen LogP contribution in [0, 0.1) is 0 Å². The molecule has 0 radical (unpaired) electrons. The zero-order valence-corrected chi connectivity index (χ0v) is 13.1. The first kappa shape index (κ1) is 16.6. The lowest BCUT2D eigenvalue weighted by Gasteiger charge is -2.26. The van der Waals surface area contributed by atoms with Crippen LogP contribution in [0.4, 0.5) is 4.79 Å². The highest BCUT2D eigenvalue weighted by Gasteiger charge is 2.22. The molecular weight excluding hydrogens is 280 g/mol. The lowest BCUT2D eigenvalue weighted by atomic mass is 10.2. The third-order valence-corrected chi connectivity index (χ3v) is 5.10. The maximum atomic E-state index is 12.0. The van der Waals surface area contributed by atoms with Gasteiger partial charge >= 0.3 is 6.03 Å². The summed E-state index contributed by atoms with van der Waals surface area (Å²) in [4.78, 5) is 13.4. The molecule has 0 saturated heterocycles. The van der Waals surface area contributed by atoms with E-state index in [-0.39, 0.29) is 29.6 Å². The third kappa shape index (κ3) is 4.56. The number of furan rings is 1. The van der Waals surface area contributed by atoms with Gasteiger partial charge in [-0.05, 0) is 26.0 Å². The number of hydrogen-bond acceptors (Lipinski definition) is 4. The second kappa shape index (κ2) is 6.78. The van der Waals surface area contributed by atoms with Crippen LogP contribution in [0.25, 0.3) is 0 Å². The van der Waals surface area contributed by atoms with E-state index < -0.39 is 9.84 Å². The standard InChI is InChI=1S/C13H22N2O4S/c1-5-20(17,18)9-10(2)15(4)13(16)14-11(3)12-7-6-8-19-12/h6-8,10-11H,5,9H2,1-4H3,(H,14,16). The maximum Gasteiger partial charge on any atom is 0.317 e. The van der Waals surface area contributed by atoms with Gasteiger partial charge in [-0.3, -0.25) is 0 Å². The molecule has 1 aromatic heterocycles. The van der Waals surface area contributed by atoms with Gasteiger partial charge in [0.05, 0.1) is 18.1 Å². The summed E-state index contributed by atoms with van der Waals surface area (Å²) in [5.41, 5.74) is 0. The van der Waals surface area contributed by atoms with Gasteiger partial charge in [-0.25, -0.2) is 13.2 Å². The molecule has 1 aromatic rings. The average molecular weight is 302 g/mol. The lowest BCUT2D eigenvalue weighted by Crippen LogP contribution is -2.45. The van der Waals surface area contributed by atoms with Gasteiger partial charge in [0.15, 0.2) is 9.84 Å². The van der Waals surface area contributed by atoms with Crippen LogP contribution in [-0.4, -0.2) is 43.9 Å². The van der Waals surface area contributed by atoms with E-state index in [4.69, 9.17) is 4.42 Å². The van der Waals surface area contributed by atoms with Crippen molar-refractivity contribution < 1.29 is 17.6 Å². The van der Waals surface area contributed by atoms with Crippen molar-refractivity contribution in [3.05, 3.63) is 24.2 Å². The Balaban J connectivity index is 2.58. The molecule has 0 saturated carbocycles. The molecular formula is C13H22N2O4S. The molecule has 2 atom stereocenters. The highest BCUT2D eigenvalue weighted by molar-refractivity contribution is 7.91. The van der Waals surface area contributed by atoms with Gasteiger partial charge in [-0.1, -0.05) is 6.92 Å². The summed E-state index contributed by atoms with van der Waals surface area (Å²) in [5.74, 6) is 0.693. The molecule has 2 amide bonds. The number of urea groups is 1. The number of nitrogens with zero attached hydrogens (tertiary/aromatic N) is 1. The van der Waals surface area contributed by atoms with Gasteiger partial charge in [0.25, 0.3) is 0 Å². The molecule has 0 aliphatic heterocycles. The van der Waals surface area contributed by atoms with Crippen molar-refractivity contribution in [1.29, 1.82) is 0 Å². The fourth-order valence-electron chi connectivity index (χ4n) is 1.69. The van der Waals surface area contributed by atoms with Crippen molar-refractivity contribution in [2.45, 2.75) is 32.9 Å². The lowest BCUT2D eigenvalue weighted by molar-refractivity contribution is 0.193. The number of nitrogens with one attached hydrogen (secondary N) is 1. The first-order valence-electron chi connectivity index (χ1n) is 6.54. The van der Waals surface area contributed by atoms with Crippen LogP contribution in [0.1, 0.15) is 32.6 Å². The van der Waals surface area contributed by atoms with E-state index in [1.54, 1.807) is 40.0 Å². The van der Waals surface area contributed by atoms with E-state index in [2.05, 4.69) is 5.32 Å². The van der Waals surface area contributed by atoms with Gasteiger partial charge in [0.2, 0.25) is 0 Å². The van der Waals surface area contributed by atoms with Crippen molar-refractivity contribution >= 4 is 15.9 Å². The molecule has 0 aromatic carbocycles. The van der Waals surface area contributed by atoms with Crippen molar-refractivity contribution in [3.63, 3.8) is 0 Å². The largest absolute Gasteiger partial charge is 0.467 e. The summed E-state index contributed by atoms with van der Waals surface area (Å²) < 4.78 is 28.3. The minimum atomic E-state index is -3.11. The Kier molecular flexibility index (Phi) is 5.62. The number of sulfone groups is 1. The van der Waals surface area contributed by atoms with E-state index in [1.807, 2.05) is 0 Å². The molecule has 0 fully saturated rings. The highest BCUT2D eigenvalue weighted by Crippen LogP contribution is 2.13. The zero-order valence-electron chi connectivity index (χ0n) is 12.3. The van der Waals surface area contributed by atoms with E-state index >= 15 is 0 Å².